The Morgan fingerprint density at radius 1 is 1.15 bits per heavy atom. The van der Waals surface area contributed by atoms with Crippen LogP contribution < -0.4 is 15.4 Å². The Morgan fingerprint density at radius 2 is 1.80 bits per heavy atom. The van der Waals surface area contributed by atoms with Gasteiger partial charge < -0.3 is 20.1 Å². The molecule has 1 aromatic rings. The standard InChI is InChI=1S/C13H17ClN2O4/c1-2-19-13(18)16-8-7-15-12(17)9-20-11-5-3-10(14)4-6-11/h3-6H,2,7-9H2,1H3,(H,15,17)(H,16,18). The van der Waals surface area contributed by atoms with E-state index in [1.165, 1.54) is 0 Å². The molecule has 6 nitrogen and oxygen atoms in total. The van der Waals surface area contributed by atoms with E-state index in [9.17, 15) is 9.59 Å². The zero-order valence-corrected chi connectivity index (χ0v) is 11.9. The van der Waals surface area contributed by atoms with Gasteiger partial charge in [0.15, 0.2) is 6.61 Å². The summed E-state index contributed by atoms with van der Waals surface area (Å²) in [6, 6.07) is 6.71. The molecular formula is C13H17ClN2O4. The first-order valence-corrected chi connectivity index (χ1v) is 6.55. The lowest BCUT2D eigenvalue weighted by Gasteiger charge is -2.08. The molecule has 2 N–H and O–H groups in total. The zero-order chi connectivity index (χ0) is 14.8. The Morgan fingerprint density at radius 3 is 2.45 bits per heavy atom. The highest BCUT2D eigenvalue weighted by Gasteiger charge is 2.03. The van der Waals surface area contributed by atoms with Crippen LogP contribution in [0.5, 0.6) is 5.75 Å². The predicted molar refractivity (Wildman–Crippen MR) is 75.0 cm³/mol. The van der Waals surface area contributed by atoms with Gasteiger partial charge in [0.1, 0.15) is 5.75 Å². The molecule has 0 saturated carbocycles. The van der Waals surface area contributed by atoms with Crippen molar-refractivity contribution in [3.05, 3.63) is 29.3 Å². The average molecular weight is 301 g/mol. The summed E-state index contributed by atoms with van der Waals surface area (Å²) < 4.78 is 9.92. The van der Waals surface area contributed by atoms with Crippen LogP contribution in [-0.4, -0.2) is 38.3 Å². The second kappa shape index (κ2) is 9.03. The number of nitrogens with one attached hydrogen (secondary N) is 2. The number of carbonyl (C=O) groups excluding carboxylic acids is 2. The number of amides is 2. The largest absolute Gasteiger partial charge is 0.484 e. The lowest BCUT2D eigenvalue weighted by Crippen LogP contribution is -2.37. The quantitative estimate of drug-likeness (QED) is 0.750. The maximum Gasteiger partial charge on any atom is 0.407 e. The molecule has 0 saturated heterocycles. The van der Waals surface area contributed by atoms with Crippen LogP contribution in [0.3, 0.4) is 0 Å². The Kier molecular flexibility index (Phi) is 7.27. The minimum absolute atomic E-state index is 0.0962. The van der Waals surface area contributed by atoms with Gasteiger partial charge >= 0.3 is 6.09 Å². The highest BCUT2D eigenvalue weighted by molar-refractivity contribution is 6.30. The number of hydrogen-bond acceptors (Lipinski definition) is 4. The van der Waals surface area contributed by atoms with Crippen LogP contribution in [0.15, 0.2) is 24.3 Å². The van der Waals surface area contributed by atoms with Crippen LogP contribution in [0.2, 0.25) is 5.02 Å². The summed E-state index contributed by atoms with van der Waals surface area (Å²) in [5.74, 6) is 0.291. The molecule has 7 heteroatoms. The highest BCUT2D eigenvalue weighted by Crippen LogP contribution is 2.15. The molecule has 0 atom stereocenters. The van der Waals surface area contributed by atoms with E-state index in [-0.39, 0.29) is 12.5 Å². The van der Waals surface area contributed by atoms with Crippen molar-refractivity contribution in [1.29, 1.82) is 0 Å². The number of halogens is 1. The summed E-state index contributed by atoms with van der Waals surface area (Å²) in [4.78, 5) is 22.4. The van der Waals surface area contributed by atoms with Crippen LogP contribution in [0.25, 0.3) is 0 Å². The Balaban J connectivity index is 2.11. The van der Waals surface area contributed by atoms with Crippen molar-refractivity contribution in [3.63, 3.8) is 0 Å². The molecule has 0 aliphatic heterocycles. The molecule has 0 fully saturated rings. The maximum atomic E-state index is 11.4. The van der Waals surface area contributed by atoms with E-state index < -0.39 is 6.09 Å². The predicted octanol–water partition coefficient (Wildman–Crippen LogP) is 1.58. The lowest BCUT2D eigenvalue weighted by atomic mass is 10.3. The molecule has 0 aliphatic rings. The summed E-state index contributed by atoms with van der Waals surface area (Å²) in [7, 11) is 0. The monoisotopic (exact) mass is 300 g/mol. The van der Waals surface area contributed by atoms with Crippen molar-refractivity contribution >= 4 is 23.6 Å². The molecule has 0 aromatic heterocycles. The molecular weight excluding hydrogens is 284 g/mol. The molecule has 0 aliphatic carbocycles. The SMILES string of the molecule is CCOC(=O)NCCNC(=O)COc1ccc(Cl)cc1. The Bertz CT molecular complexity index is 437. The van der Waals surface area contributed by atoms with Crippen LogP contribution >= 0.6 is 11.6 Å². The smallest absolute Gasteiger partial charge is 0.407 e. The topological polar surface area (TPSA) is 76.7 Å². The summed E-state index contributed by atoms with van der Waals surface area (Å²) in [5.41, 5.74) is 0. The van der Waals surface area contributed by atoms with Gasteiger partial charge in [-0.3, -0.25) is 4.79 Å². The molecule has 20 heavy (non-hydrogen) atoms. The van der Waals surface area contributed by atoms with Crippen molar-refractivity contribution in [1.82, 2.24) is 10.6 Å². The number of hydrogen-bond donors (Lipinski definition) is 2. The fourth-order valence-corrected chi connectivity index (χ4v) is 1.41. The summed E-state index contributed by atoms with van der Waals surface area (Å²) in [5, 5.41) is 5.69. The van der Waals surface area contributed by atoms with Gasteiger partial charge in [0.05, 0.1) is 6.61 Å². The highest BCUT2D eigenvalue weighted by atomic mass is 35.5. The van der Waals surface area contributed by atoms with Crippen LogP contribution in [-0.2, 0) is 9.53 Å². The Labute approximate surface area is 122 Å². The lowest BCUT2D eigenvalue weighted by molar-refractivity contribution is -0.123. The third-order valence-corrected chi connectivity index (χ3v) is 2.43. The summed E-state index contributed by atoms with van der Waals surface area (Å²) >= 11 is 5.73. The number of benzene rings is 1. The van der Waals surface area contributed by atoms with Gasteiger partial charge in [0, 0.05) is 18.1 Å². The number of alkyl carbamates (subject to hydrolysis) is 1. The molecule has 0 radical (unpaired) electrons. The molecule has 0 bridgehead atoms. The third-order valence-electron chi connectivity index (χ3n) is 2.18. The van der Waals surface area contributed by atoms with E-state index in [4.69, 9.17) is 16.3 Å². The van der Waals surface area contributed by atoms with Gasteiger partial charge in [-0.15, -0.1) is 0 Å². The van der Waals surface area contributed by atoms with E-state index in [0.29, 0.717) is 30.5 Å². The minimum Gasteiger partial charge on any atom is -0.484 e. The average Bonchev–Trinajstić information content (AvgIpc) is 2.43. The number of carbonyl (C=O) groups is 2. The molecule has 110 valence electrons. The zero-order valence-electron chi connectivity index (χ0n) is 11.1. The van der Waals surface area contributed by atoms with Crippen molar-refractivity contribution in [2.75, 3.05) is 26.3 Å². The van der Waals surface area contributed by atoms with E-state index in [2.05, 4.69) is 15.4 Å². The van der Waals surface area contributed by atoms with Crippen molar-refractivity contribution in [3.8, 4) is 5.75 Å². The van der Waals surface area contributed by atoms with E-state index in [0.717, 1.165) is 0 Å². The maximum absolute atomic E-state index is 11.4. The first-order chi connectivity index (χ1) is 9.61. The van der Waals surface area contributed by atoms with E-state index in [1.807, 2.05) is 0 Å². The second-order valence-corrected chi connectivity index (χ2v) is 4.18. The molecule has 1 aromatic carbocycles. The van der Waals surface area contributed by atoms with Gasteiger partial charge in [-0.25, -0.2) is 4.79 Å². The van der Waals surface area contributed by atoms with E-state index in [1.54, 1.807) is 31.2 Å². The van der Waals surface area contributed by atoms with Gasteiger partial charge in [-0.05, 0) is 31.2 Å². The van der Waals surface area contributed by atoms with Crippen molar-refractivity contribution in [2.24, 2.45) is 0 Å². The molecule has 0 unspecified atom stereocenters. The van der Waals surface area contributed by atoms with Crippen LogP contribution in [0, 0.1) is 0 Å². The Hall–Kier alpha value is -1.95. The van der Waals surface area contributed by atoms with Gasteiger partial charge in [-0.2, -0.15) is 0 Å². The molecule has 0 heterocycles. The first-order valence-electron chi connectivity index (χ1n) is 6.17. The van der Waals surface area contributed by atoms with Gasteiger partial charge in [0.25, 0.3) is 5.91 Å². The van der Waals surface area contributed by atoms with Crippen molar-refractivity contribution < 1.29 is 19.1 Å². The summed E-state index contributed by atoms with van der Waals surface area (Å²) in [6.07, 6.45) is -0.501. The second-order valence-electron chi connectivity index (χ2n) is 3.74. The first kappa shape index (κ1) is 16.1. The fraction of sp³-hybridized carbons (Fsp3) is 0.385. The van der Waals surface area contributed by atoms with E-state index >= 15 is 0 Å². The molecule has 2 amide bonds. The van der Waals surface area contributed by atoms with Crippen molar-refractivity contribution in [2.45, 2.75) is 6.92 Å². The third kappa shape index (κ3) is 6.84. The number of ether oxygens (including phenoxy) is 2. The van der Waals surface area contributed by atoms with Crippen LogP contribution in [0.4, 0.5) is 4.79 Å². The molecule has 1 rings (SSSR count). The number of rotatable bonds is 7. The van der Waals surface area contributed by atoms with Gasteiger partial charge in [-0.1, -0.05) is 11.6 Å². The molecule has 0 spiro atoms. The van der Waals surface area contributed by atoms with Gasteiger partial charge in [0.2, 0.25) is 0 Å². The fourth-order valence-electron chi connectivity index (χ4n) is 1.28. The minimum atomic E-state index is -0.501. The summed E-state index contributed by atoms with van der Waals surface area (Å²) in [6.45, 7) is 2.54. The normalized spacial score (nSPS) is 9.70. The van der Waals surface area contributed by atoms with Crippen LogP contribution in [0.1, 0.15) is 6.92 Å².